The molecular formula is C20H14Cl2N2O2. The highest BCUT2D eigenvalue weighted by molar-refractivity contribution is 6.34. The number of halogens is 2. The van der Waals surface area contributed by atoms with Crippen molar-refractivity contribution < 1.29 is 9.59 Å². The minimum atomic E-state index is -0.387. The highest BCUT2D eigenvalue weighted by Crippen LogP contribution is 2.21. The van der Waals surface area contributed by atoms with Crippen molar-refractivity contribution in [2.75, 3.05) is 10.6 Å². The zero-order valence-electron chi connectivity index (χ0n) is 13.5. The minimum Gasteiger partial charge on any atom is -0.322 e. The molecule has 0 atom stereocenters. The minimum absolute atomic E-state index is 0.335. The molecule has 0 saturated carbocycles. The van der Waals surface area contributed by atoms with Gasteiger partial charge < -0.3 is 10.6 Å². The first kappa shape index (κ1) is 18.0. The zero-order chi connectivity index (χ0) is 18.5. The van der Waals surface area contributed by atoms with E-state index in [0.29, 0.717) is 32.5 Å². The molecule has 0 heterocycles. The molecule has 0 aliphatic heterocycles. The Morgan fingerprint density at radius 3 is 1.92 bits per heavy atom. The van der Waals surface area contributed by atoms with Crippen molar-refractivity contribution in [2.24, 2.45) is 0 Å². The molecule has 3 aromatic carbocycles. The normalized spacial score (nSPS) is 10.2. The number of hydrogen-bond acceptors (Lipinski definition) is 2. The van der Waals surface area contributed by atoms with E-state index in [9.17, 15) is 9.59 Å². The monoisotopic (exact) mass is 384 g/mol. The number of nitrogens with one attached hydrogen (secondary N) is 2. The third-order valence-electron chi connectivity index (χ3n) is 3.64. The zero-order valence-corrected chi connectivity index (χ0v) is 15.0. The topological polar surface area (TPSA) is 58.2 Å². The van der Waals surface area contributed by atoms with Gasteiger partial charge in [-0.1, -0.05) is 47.5 Å². The lowest BCUT2D eigenvalue weighted by Gasteiger charge is -2.12. The van der Waals surface area contributed by atoms with Crippen molar-refractivity contribution >= 4 is 46.4 Å². The van der Waals surface area contributed by atoms with Crippen molar-refractivity contribution in [1.29, 1.82) is 0 Å². The van der Waals surface area contributed by atoms with Crippen LogP contribution in [0, 0.1) is 0 Å². The molecule has 4 nitrogen and oxygen atoms in total. The maximum Gasteiger partial charge on any atom is 0.257 e. The fourth-order valence-corrected chi connectivity index (χ4v) is 2.70. The largest absolute Gasteiger partial charge is 0.322 e. The summed E-state index contributed by atoms with van der Waals surface area (Å²) in [6, 6.07) is 20.2. The van der Waals surface area contributed by atoms with E-state index >= 15 is 0 Å². The van der Waals surface area contributed by atoms with Gasteiger partial charge in [0.2, 0.25) is 0 Å². The Hall–Kier alpha value is -2.82. The van der Waals surface area contributed by atoms with Gasteiger partial charge in [0.15, 0.2) is 0 Å². The number of rotatable bonds is 4. The summed E-state index contributed by atoms with van der Waals surface area (Å²) < 4.78 is 0. The molecule has 0 aromatic heterocycles. The van der Waals surface area contributed by atoms with Crippen LogP contribution in [0.2, 0.25) is 10.0 Å². The smallest absolute Gasteiger partial charge is 0.257 e. The summed E-state index contributed by atoms with van der Waals surface area (Å²) in [5, 5.41) is 6.43. The third-order valence-corrected chi connectivity index (χ3v) is 4.22. The van der Waals surface area contributed by atoms with Crippen LogP contribution in [0.3, 0.4) is 0 Å². The molecule has 3 aromatic rings. The van der Waals surface area contributed by atoms with E-state index in [1.807, 2.05) is 0 Å². The van der Waals surface area contributed by atoms with Crippen LogP contribution in [-0.4, -0.2) is 11.8 Å². The Bertz CT molecular complexity index is 956. The average molecular weight is 385 g/mol. The Morgan fingerprint density at radius 2 is 1.23 bits per heavy atom. The number of para-hydroxylation sites is 1. The molecule has 130 valence electrons. The van der Waals surface area contributed by atoms with Crippen LogP contribution in [-0.2, 0) is 0 Å². The van der Waals surface area contributed by atoms with Crippen molar-refractivity contribution in [3.05, 3.63) is 94.0 Å². The predicted molar refractivity (Wildman–Crippen MR) is 105 cm³/mol. The molecule has 0 radical (unpaired) electrons. The average Bonchev–Trinajstić information content (AvgIpc) is 2.64. The van der Waals surface area contributed by atoms with Gasteiger partial charge in [-0.25, -0.2) is 0 Å². The maximum absolute atomic E-state index is 12.6. The molecule has 0 fully saturated rings. The highest BCUT2D eigenvalue weighted by atomic mass is 35.5. The van der Waals surface area contributed by atoms with Gasteiger partial charge in [-0.15, -0.1) is 0 Å². The fourth-order valence-electron chi connectivity index (χ4n) is 2.36. The van der Waals surface area contributed by atoms with Gasteiger partial charge in [-0.3, -0.25) is 9.59 Å². The number of benzene rings is 3. The number of anilines is 2. The molecule has 0 unspecified atom stereocenters. The second-order valence-electron chi connectivity index (χ2n) is 5.44. The van der Waals surface area contributed by atoms with Crippen LogP contribution >= 0.6 is 23.2 Å². The fraction of sp³-hybridized carbons (Fsp3) is 0. The van der Waals surface area contributed by atoms with Gasteiger partial charge in [0.25, 0.3) is 11.8 Å². The highest BCUT2D eigenvalue weighted by Gasteiger charge is 2.15. The maximum atomic E-state index is 12.6. The predicted octanol–water partition coefficient (Wildman–Crippen LogP) is 5.50. The van der Waals surface area contributed by atoms with Crippen LogP contribution in [0.15, 0.2) is 72.8 Å². The summed E-state index contributed by atoms with van der Waals surface area (Å²) in [6.45, 7) is 0. The van der Waals surface area contributed by atoms with Crippen molar-refractivity contribution in [3.8, 4) is 0 Å². The molecule has 2 amide bonds. The van der Waals surface area contributed by atoms with E-state index in [2.05, 4.69) is 10.6 Å². The molecule has 0 bridgehead atoms. The first-order chi connectivity index (χ1) is 12.5. The van der Waals surface area contributed by atoms with Crippen LogP contribution in [0.1, 0.15) is 20.7 Å². The van der Waals surface area contributed by atoms with Gasteiger partial charge in [0.1, 0.15) is 0 Å². The first-order valence-electron chi connectivity index (χ1n) is 7.76. The van der Waals surface area contributed by atoms with E-state index in [1.54, 1.807) is 72.8 Å². The van der Waals surface area contributed by atoms with E-state index < -0.39 is 0 Å². The van der Waals surface area contributed by atoms with Gasteiger partial charge in [0.05, 0.1) is 21.8 Å². The second-order valence-corrected chi connectivity index (χ2v) is 6.28. The number of carbonyl (C=O) groups excluding carboxylic acids is 2. The summed E-state index contributed by atoms with van der Waals surface area (Å²) in [6.07, 6.45) is 0. The molecule has 3 rings (SSSR count). The van der Waals surface area contributed by atoms with E-state index in [-0.39, 0.29) is 11.8 Å². The number of carbonyl (C=O) groups is 2. The van der Waals surface area contributed by atoms with Gasteiger partial charge in [-0.2, -0.15) is 0 Å². The van der Waals surface area contributed by atoms with Crippen molar-refractivity contribution in [1.82, 2.24) is 0 Å². The van der Waals surface area contributed by atoms with Crippen molar-refractivity contribution in [2.45, 2.75) is 0 Å². The Kier molecular flexibility index (Phi) is 5.56. The lowest BCUT2D eigenvalue weighted by molar-refractivity contribution is 0.102. The van der Waals surface area contributed by atoms with Gasteiger partial charge in [-0.05, 0) is 48.5 Å². The molecule has 2 N–H and O–H groups in total. The Labute approximate surface area is 160 Å². The lowest BCUT2D eigenvalue weighted by atomic mass is 10.1. The Morgan fingerprint density at radius 1 is 0.654 bits per heavy atom. The second kappa shape index (κ2) is 8.04. The standard InChI is InChI=1S/C20H14Cl2N2O2/c21-13-9-11-14(12-10-13)23-20(26)16-6-2-4-8-18(16)24-19(25)15-5-1-3-7-17(15)22/h1-12H,(H,23,26)(H,24,25). The summed E-state index contributed by atoms with van der Waals surface area (Å²) in [4.78, 5) is 25.0. The quantitative estimate of drug-likeness (QED) is 0.623. The lowest BCUT2D eigenvalue weighted by Crippen LogP contribution is -2.18. The molecule has 0 saturated heterocycles. The number of hydrogen-bond donors (Lipinski definition) is 2. The molecule has 0 spiro atoms. The van der Waals surface area contributed by atoms with E-state index in [1.165, 1.54) is 0 Å². The molecule has 0 aliphatic carbocycles. The van der Waals surface area contributed by atoms with Crippen molar-refractivity contribution in [3.63, 3.8) is 0 Å². The summed E-state index contributed by atoms with van der Waals surface area (Å²) in [7, 11) is 0. The molecule has 0 aliphatic rings. The molecule has 26 heavy (non-hydrogen) atoms. The van der Waals surface area contributed by atoms with Crippen LogP contribution < -0.4 is 10.6 Å². The van der Waals surface area contributed by atoms with E-state index in [0.717, 1.165) is 0 Å². The molecule has 6 heteroatoms. The summed E-state index contributed by atoms with van der Waals surface area (Å²) in [5.74, 6) is -0.732. The van der Waals surface area contributed by atoms with Crippen LogP contribution in [0.25, 0.3) is 0 Å². The summed E-state index contributed by atoms with van der Waals surface area (Å²) >= 11 is 11.9. The van der Waals surface area contributed by atoms with Crippen LogP contribution in [0.5, 0.6) is 0 Å². The van der Waals surface area contributed by atoms with Crippen LogP contribution in [0.4, 0.5) is 11.4 Å². The first-order valence-corrected chi connectivity index (χ1v) is 8.52. The Balaban J connectivity index is 1.81. The molecular weight excluding hydrogens is 371 g/mol. The van der Waals surface area contributed by atoms with E-state index in [4.69, 9.17) is 23.2 Å². The van der Waals surface area contributed by atoms with Gasteiger partial charge >= 0.3 is 0 Å². The third kappa shape index (κ3) is 4.23. The SMILES string of the molecule is O=C(Nc1ccccc1C(=O)Nc1ccc(Cl)cc1)c1ccccc1Cl. The number of amides is 2. The van der Waals surface area contributed by atoms with Gasteiger partial charge in [0, 0.05) is 10.7 Å². The summed E-state index contributed by atoms with van der Waals surface area (Å²) in [5.41, 5.74) is 1.67.